The van der Waals surface area contributed by atoms with Crippen molar-refractivity contribution in [2.45, 2.75) is 39.7 Å². The van der Waals surface area contributed by atoms with Gasteiger partial charge in [-0.25, -0.2) is 0 Å². The molecule has 0 aliphatic rings. The molecule has 0 bridgehead atoms. The van der Waals surface area contributed by atoms with Gasteiger partial charge in [-0.05, 0) is 52.4 Å². The van der Waals surface area contributed by atoms with Crippen molar-refractivity contribution in [3.63, 3.8) is 0 Å². The average molecular weight is 389 g/mol. The Morgan fingerprint density at radius 2 is 1.59 bits per heavy atom. The van der Waals surface area contributed by atoms with Crippen molar-refractivity contribution in [3.05, 3.63) is 77.9 Å². The third-order valence-corrected chi connectivity index (χ3v) is 4.83. The Morgan fingerprint density at radius 3 is 2.17 bits per heavy atom. The van der Waals surface area contributed by atoms with Gasteiger partial charge in [-0.3, -0.25) is 4.79 Å². The van der Waals surface area contributed by atoms with E-state index in [4.69, 9.17) is 0 Å². The second-order valence-electron chi connectivity index (χ2n) is 8.29. The largest absolute Gasteiger partial charge is 0.508 e. The summed E-state index contributed by atoms with van der Waals surface area (Å²) >= 11 is 0. The Balaban J connectivity index is 1.71. The van der Waals surface area contributed by atoms with Gasteiger partial charge in [0.2, 0.25) is 5.91 Å². The Kier molecular flexibility index (Phi) is 5.92. The van der Waals surface area contributed by atoms with Crippen molar-refractivity contribution in [2.75, 3.05) is 10.6 Å². The Hall–Kier alpha value is -3.27. The number of carbonyl (C=O) groups is 1. The smallest absolute Gasteiger partial charge is 0.221 e. The summed E-state index contributed by atoms with van der Waals surface area (Å²) in [6, 6.07) is 21.6. The summed E-state index contributed by atoms with van der Waals surface area (Å²) in [7, 11) is 0. The van der Waals surface area contributed by atoms with Crippen molar-refractivity contribution in [1.29, 1.82) is 0 Å². The lowest BCUT2D eigenvalue weighted by Crippen LogP contribution is -2.11. The molecule has 0 heterocycles. The first-order valence-corrected chi connectivity index (χ1v) is 9.77. The van der Waals surface area contributed by atoms with E-state index in [1.807, 2.05) is 24.3 Å². The number of amides is 1. The Bertz CT molecular complexity index is 985. The first-order chi connectivity index (χ1) is 13.7. The molecule has 0 fully saturated rings. The van der Waals surface area contributed by atoms with Crippen molar-refractivity contribution < 1.29 is 9.90 Å². The highest BCUT2D eigenvalue weighted by Gasteiger charge is 2.12. The number of anilines is 2. The van der Waals surface area contributed by atoms with E-state index in [2.05, 4.69) is 55.7 Å². The number of phenols is 1. The number of hydrogen-bond donors (Lipinski definition) is 3. The molecule has 3 rings (SSSR count). The van der Waals surface area contributed by atoms with E-state index < -0.39 is 0 Å². The van der Waals surface area contributed by atoms with Gasteiger partial charge in [-0.2, -0.15) is 0 Å². The van der Waals surface area contributed by atoms with Crippen LogP contribution < -0.4 is 10.6 Å². The van der Waals surface area contributed by atoms with Crippen LogP contribution in [0.25, 0.3) is 11.1 Å². The van der Waals surface area contributed by atoms with E-state index in [1.165, 1.54) is 18.1 Å². The molecule has 1 amide bonds. The molecule has 0 aliphatic carbocycles. The lowest BCUT2D eigenvalue weighted by Gasteiger charge is -2.19. The maximum absolute atomic E-state index is 11.4. The van der Waals surface area contributed by atoms with E-state index in [9.17, 15) is 9.90 Å². The number of rotatable bonds is 5. The van der Waals surface area contributed by atoms with Crippen LogP contribution in [0.3, 0.4) is 0 Å². The number of phenolic OH excluding ortho intramolecular Hbond substituents is 1. The number of hydrogen-bond acceptors (Lipinski definition) is 3. The van der Waals surface area contributed by atoms with E-state index in [0.717, 1.165) is 23.4 Å². The minimum absolute atomic E-state index is 0.146. The predicted octanol–water partition coefficient (Wildman–Crippen LogP) is 5.93. The molecule has 4 heteroatoms. The Morgan fingerprint density at radius 1 is 0.931 bits per heavy atom. The highest BCUT2D eigenvalue weighted by molar-refractivity contribution is 5.94. The Labute approximate surface area is 172 Å². The minimum atomic E-state index is -0.146. The van der Waals surface area contributed by atoms with Gasteiger partial charge in [-0.15, -0.1) is 0 Å². The van der Waals surface area contributed by atoms with Gasteiger partial charge in [0.05, 0.1) is 0 Å². The van der Waals surface area contributed by atoms with Gasteiger partial charge in [0.15, 0.2) is 0 Å². The lowest BCUT2D eigenvalue weighted by atomic mass is 9.87. The molecule has 0 aliphatic heterocycles. The molecule has 29 heavy (non-hydrogen) atoms. The highest BCUT2D eigenvalue weighted by Crippen LogP contribution is 2.32. The molecule has 3 aromatic carbocycles. The van der Waals surface area contributed by atoms with Crippen LogP contribution in [0.4, 0.5) is 11.4 Å². The topological polar surface area (TPSA) is 61.4 Å². The molecule has 0 spiro atoms. The van der Waals surface area contributed by atoms with Crippen LogP contribution in [0.15, 0.2) is 66.7 Å². The van der Waals surface area contributed by atoms with Crippen LogP contribution in [0.2, 0.25) is 0 Å². The second-order valence-corrected chi connectivity index (χ2v) is 8.29. The molecule has 0 saturated heterocycles. The number of benzene rings is 3. The maximum Gasteiger partial charge on any atom is 0.221 e. The van der Waals surface area contributed by atoms with Crippen molar-refractivity contribution >= 4 is 17.3 Å². The minimum Gasteiger partial charge on any atom is -0.508 e. The van der Waals surface area contributed by atoms with Crippen molar-refractivity contribution in [2.24, 2.45) is 0 Å². The standard InChI is InChI=1S/C25H28N2O2/c1-17(28)27-24-14-13-22(29)15-23(24)19-7-11-21(12-8-19)26-16-18-5-9-20(10-6-18)25(2,3)4/h5-15,26,29H,16H2,1-4H3,(H,27,28). The molecule has 150 valence electrons. The third-order valence-electron chi connectivity index (χ3n) is 4.83. The summed E-state index contributed by atoms with van der Waals surface area (Å²) in [6.45, 7) is 8.85. The monoisotopic (exact) mass is 388 g/mol. The van der Waals surface area contributed by atoms with Crippen LogP contribution in [-0.2, 0) is 16.8 Å². The van der Waals surface area contributed by atoms with E-state index in [1.54, 1.807) is 18.2 Å². The van der Waals surface area contributed by atoms with Gasteiger partial charge in [-0.1, -0.05) is 57.2 Å². The summed E-state index contributed by atoms with van der Waals surface area (Å²) in [5, 5.41) is 16.1. The maximum atomic E-state index is 11.4. The van der Waals surface area contributed by atoms with Crippen LogP contribution in [0, 0.1) is 0 Å². The van der Waals surface area contributed by atoms with Crippen LogP contribution in [0.1, 0.15) is 38.8 Å². The zero-order valence-electron chi connectivity index (χ0n) is 17.4. The molecule has 3 N–H and O–H groups in total. The summed E-state index contributed by atoms with van der Waals surface area (Å²) in [5.74, 6) is 0.0164. The molecule has 0 saturated carbocycles. The fourth-order valence-electron chi connectivity index (χ4n) is 3.16. The summed E-state index contributed by atoms with van der Waals surface area (Å²) in [5.41, 5.74) is 6.10. The normalized spacial score (nSPS) is 11.2. The predicted molar refractivity (Wildman–Crippen MR) is 120 cm³/mol. The molecular formula is C25H28N2O2. The third kappa shape index (κ3) is 5.38. The lowest BCUT2D eigenvalue weighted by molar-refractivity contribution is -0.114. The van der Waals surface area contributed by atoms with Crippen molar-refractivity contribution in [3.8, 4) is 16.9 Å². The molecule has 0 aromatic heterocycles. The van der Waals surface area contributed by atoms with Gasteiger partial charge < -0.3 is 15.7 Å². The van der Waals surface area contributed by atoms with Crippen LogP contribution >= 0.6 is 0 Å². The van der Waals surface area contributed by atoms with E-state index >= 15 is 0 Å². The molecule has 4 nitrogen and oxygen atoms in total. The molecule has 0 unspecified atom stereocenters. The fraction of sp³-hybridized carbons (Fsp3) is 0.240. The van der Waals surface area contributed by atoms with Gasteiger partial charge in [0.1, 0.15) is 5.75 Å². The van der Waals surface area contributed by atoms with Gasteiger partial charge in [0.25, 0.3) is 0 Å². The molecule has 0 radical (unpaired) electrons. The second kappa shape index (κ2) is 8.39. The SMILES string of the molecule is CC(=O)Nc1ccc(O)cc1-c1ccc(NCc2ccc(C(C)(C)C)cc2)cc1. The van der Waals surface area contributed by atoms with E-state index in [-0.39, 0.29) is 17.1 Å². The van der Waals surface area contributed by atoms with Gasteiger partial charge in [0, 0.05) is 30.4 Å². The number of aromatic hydroxyl groups is 1. The first kappa shape index (κ1) is 20.5. The van der Waals surface area contributed by atoms with Gasteiger partial charge >= 0.3 is 0 Å². The highest BCUT2D eigenvalue weighted by atomic mass is 16.3. The average Bonchev–Trinajstić information content (AvgIpc) is 2.67. The van der Waals surface area contributed by atoms with E-state index in [0.29, 0.717) is 5.69 Å². The molecule has 3 aromatic rings. The zero-order valence-corrected chi connectivity index (χ0v) is 17.4. The number of nitrogens with one attached hydrogen (secondary N) is 2. The quantitative estimate of drug-likeness (QED) is 0.475. The van der Waals surface area contributed by atoms with Crippen LogP contribution in [0.5, 0.6) is 5.75 Å². The zero-order chi connectivity index (χ0) is 21.0. The summed E-state index contributed by atoms with van der Waals surface area (Å²) < 4.78 is 0. The fourth-order valence-corrected chi connectivity index (χ4v) is 3.16. The summed E-state index contributed by atoms with van der Waals surface area (Å²) in [6.07, 6.45) is 0. The molecule has 0 atom stereocenters. The van der Waals surface area contributed by atoms with Crippen molar-refractivity contribution in [1.82, 2.24) is 0 Å². The first-order valence-electron chi connectivity index (χ1n) is 9.77. The number of carbonyl (C=O) groups excluding carboxylic acids is 1. The summed E-state index contributed by atoms with van der Waals surface area (Å²) in [4.78, 5) is 11.4. The molecular weight excluding hydrogens is 360 g/mol. The van der Waals surface area contributed by atoms with Crippen LogP contribution in [-0.4, -0.2) is 11.0 Å².